The topological polar surface area (TPSA) is 59.6 Å². The maximum absolute atomic E-state index is 11.9. The molecule has 0 spiro atoms. The van der Waals surface area contributed by atoms with E-state index >= 15 is 0 Å². The summed E-state index contributed by atoms with van der Waals surface area (Å²) in [7, 11) is 1.67. The number of anilines is 1. The highest BCUT2D eigenvalue weighted by Crippen LogP contribution is 2.30. The van der Waals surface area contributed by atoms with Gasteiger partial charge in [0.1, 0.15) is 12.4 Å². The predicted molar refractivity (Wildman–Crippen MR) is 97.9 cm³/mol. The molecular weight excluding hydrogens is 316 g/mol. The largest absolute Gasteiger partial charge is 0.495 e. The van der Waals surface area contributed by atoms with Crippen molar-refractivity contribution in [2.75, 3.05) is 12.4 Å². The van der Waals surface area contributed by atoms with Crippen molar-refractivity contribution in [3.8, 4) is 5.75 Å². The summed E-state index contributed by atoms with van der Waals surface area (Å²) in [5, 5.41) is 6.39. The monoisotopic (exact) mass is 340 g/mol. The van der Waals surface area contributed by atoms with Gasteiger partial charge in [0.2, 0.25) is 0 Å². The molecule has 0 unspecified atom stereocenters. The van der Waals surface area contributed by atoms with Crippen LogP contribution in [0.4, 0.5) is 10.5 Å². The number of methoxy groups -OCH3 is 1. The van der Waals surface area contributed by atoms with Crippen molar-refractivity contribution in [1.29, 1.82) is 0 Å². The molecule has 1 aliphatic carbocycles. The molecule has 2 aromatic rings. The number of hydrogen-bond donors (Lipinski definition) is 2. The van der Waals surface area contributed by atoms with E-state index in [-0.39, 0.29) is 12.1 Å². The predicted octanol–water partition coefficient (Wildman–Crippen LogP) is 3.87. The molecule has 2 N–H and O–H groups in total. The van der Waals surface area contributed by atoms with E-state index < -0.39 is 0 Å². The SMILES string of the molecule is COc1ccc(C)cc1NC1CC(NC(=O)OCc2ccccc2)C1. The maximum Gasteiger partial charge on any atom is 0.407 e. The number of alkyl carbamates (subject to hydrolysis) is 1. The molecule has 1 fully saturated rings. The highest BCUT2D eigenvalue weighted by molar-refractivity contribution is 5.68. The minimum Gasteiger partial charge on any atom is -0.495 e. The lowest BCUT2D eigenvalue weighted by atomic mass is 9.86. The van der Waals surface area contributed by atoms with Gasteiger partial charge in [-0.3, -0.25) is 0 Å². The number of nitrogens with one attached hydrogen (secondary N) is 2. The van der Waals surface area contributed by atoms with E-state index in [0.29, 0.717) is 12.6 Å². The number of carbonyl (C=O) groups is 1. The second kappa shape index (κ2) is 7.92. The van der Waals surface area contributed by atoms with Gasteiger partial charge < -0.3 is 20.1 Å². The van der Waals surface area contributed by atoms with E-state index in [1.54, 1.807) is 7.11 Å². The minimum absolute atomic E-state index is 0.150. The van der Waals surface area contributed by atoms with Crippen molar-refractivity contribution >= 4 is 11.8 Å². The summed E-state index contributed by atoms with van der Waals surface area (Å²) in [6.45, 7) is 2.35. The molecule has 0 radical (unpaired) electrons. The standard InChI is InChI=1S/C20H24N2O3/c1-14-8-9-19(24-2)18(10-14)21-16-11-17(12-16)22-20(23)25-13-15-6-4-3-5-7-15/h3-10,16-17,21H,11-13H2,1-2H3,(H,22,23). The lowest BCUT2D eigenvalue weighted by Gasteiger charge is -2.36. The number of carbonyl (C=O) groups excluding carboxylic acids is 1. The molecule has 0 aliphatic heterocycles. The molecule has 5 heteroatoms. The van der Waals surface area contributed by atoms with Crippen molar-refractivity contribution in [1.82, 2.24) is 5.32 Å². The van der Waals surface area contributed by atoms with Crippen molar-refractivity contribution in [2.24, 2.45) is 0 Å². The number of hydrogen-bond acceptors (Lipinski definition) is 4. The molecule has 5 nitrogen and oxygen atoms in total. The molecule has 0 bridgehead atoms. The van der Waals surface area contributed by atoms with E-state index in [1.807, 2.05) is 42.5 Å². The quantitative estimate of drug-likeness (QED) is 0.838. The Hall–Kier alpha value is -2.69. The summed E-state index contributed by atoms with van der Waals surface area (Å²) in [6.07, 6.45) is 1.38. The fraction of sp³-hybridized carbons (Fsp3) is 0.350. The van der Waals surface area contributed by atoms with Crippen LogP contribution in [0.3, 0.4) is 0 Å². The fourth-order valence-electron chi connectivity index (χ4n) is 2.94. The molecule has 0 atom stereocenters. The van der Waals surface area contributed by atoms with Gasteiger partial charge >= 0.3 is 6.09 Å². The van der Waals surface area contributed by atoms with Gasteiger partial charge in [-0.25, -0.2) is 4.79 Å². The van der Waals surface area contributed by atoms with Crippen LogP contribution in [0.15, 0.2) is 48.5 Å². The molecule has 132 valence electrons. The Morgan fingerprint density at radius 3 is 2.60 bits per heavy atom. The number of ether oxygens (including phenoxy) is 2. The number of rotatable bonds is 6. The van der Waals surface area contributed by atoms with Crippen LogP contribution in [0, 0.1) is 6.92 Å². The van der Waals surface area contributed by atoms with E-state index in [9.17, 15) is 4.79 Å². The molecule has 2 aromatic carbocycles. The van der Waals surface area contributed by atoms with Gasteiger partial charge in [0.05, 0.1) is 12.8 Å². The molecule has 0 aromatic heterocycles. The zero-order valence-corrected chi connectivity index (χ0v) is 14.6. The average Bonchev–Trinajstić information content (AvgIpc) is 2.59. The molecule has 1 amide bonds. The molecule has 25 heavy (non-hydrogen) atoms. The summed E-state index contributed by atoms with van der Waals surface area (Å²) >= 11 is 0. The van der Waals surface area contributed by atoms with E-state index in [4.69, 9.17) is 9.47 Å². The summed E-state index contributed by atoms with van der Waals surface area (Å²) in [5.74, 6) is 0.837. The van der Waals surface area contributed by atoms with E-state index in [1.165, 1.54) is 5.56 Å². The summed E-state index contributed by atoms with van der Waals surface area (Å²) in [6, 6.07) is 16.2. The van der Waals surface area contributed by atoms with Crippen LogP contribution in [0.25, 0.3) is 0 Å². The third-order valence-corrected chi connectivity index (χ3v) is 4.39. The van der Waals surface area contributed by atoms with Crippen LogP contribution in [-0.4, -0.2) is 25.3 Å². The third-order valence-electron chi connectivity index (χ3n) is 4.39. The van der Waals surface area contributed by atoms with Gasteiger partial charge in [0, 0.05) is 12.1 Å². The lowest BCUT2D eigenvalue weighted by Crippen LogP contribution is -2.49. The first-order valence-corrected chi connectivity index (χ1v) is 8.52. The second-order valence-corrected chi connectivity index (χ2v) is 6.42. The first-order valence-electron chi connectivity index (χ1n) is 8.52. The summed E-state index contributed by atoms with van der Waals surface area (Å²) in [5.41, 5.74) is 3.16. The zero-order chi connectivity index (χ0) is 17.6. The Balaban J connectivity index is 1.41. The number of aryl methyl sites for hydroxylation is 1. The fourth-order valence-corrected chi connectivity index (χ4v) is 2.94. The normalized spacial score (nSPS) is 18.8. The number of amides is 1. The Morgan fingerprint density at radius 1 is 1.12 bits per heavy atom. The summed E-state index contributed by atoms with van der Waals surface area (Å²) in [4.78, 5) is 11.9. The van der Waals surface area contributed by atoms with E-state index in [2.05, 4.69) is 23.6 Å². The van der Waals surface area contributed by atoms with Crippen molar-refractivity contribution in [3.63, 3.8) is 0 Å². The van der Waals surface area contributed by atoms with Crippen LogP contribution in [0.2, 0.25) is 0 Å². The first kappa shape index (κ1) is 17.1. The maximum atomic E-state index is 11.9. The van der Waals surface area contributed by atoms with Crippen molar-refractivity contribution < 1.29 is 14.3 Å². The Bertz CT molecular complexity index is 712. The Kier molecular flexibility index (Phi) is 5.43. The average molecular weight is 340 g/mol. The molecule has 0 saturated heterocycles. The van der Waals surface area contributed by atoms with Gasteiger partial charge in [-0.1, -0.05) is 36.4 Å². The van der Waals surface area contributed by atoms with Crippen LogP contribution in [0.5, 0.6) is 5.75 Å². The van der Waals surface area contributed by atoms with Crippen LogP contribution < -0.4 is 15.4 Å². The highest BCUT2D eigenvalue weighted by atomic mass is 16.5. The molecule has 1 aliphatic rings. The zero-order valence-electron chi connectivity index (χ0n) is 14.6. The molecule has 3 rings (SSSR count). The molecule has 1 saturated carbocycles. The Morgan fingerprint density at radius 2 is 1.88 bits per heavy atom. The number of benzene rings is 2. The van der Waals surface area contributed by atoms with Gasteiger partial charge in [0.25, 0.3) is 0 Å². The molecular formula is C20H24N2O3. The van der Waals surface area contributed by atoms with Gasteiger partial charge in [0.15, 0.2) is 0 Å². The van der Waals surface area contributed by atoms with Crippen LogP contribution in [-0.2, 0) is 11.3 Å². The minimum atomic E-state index is -0.361. The molecule has 0 heterocycles. The van der Waals surface area contributed by atoms with Gasteiger partial charge in [-0.15, -0.1) is 0 Å². The van der Waals surface area contributed by atoms with Crippen LogP contribution >= 0.6 is 0 Å². The van der Waals surface area contributed by atoms with E-state index in [0.717, 1.165) is 29.8 Å². The Labute approximate surface area is 148 Å². The van der Waals surface area contributed by atoms with Gasteiger partial charge in [-0.05, 0) is 43.0 Å². The lowest BCUT2D eigenvalue weighted by molar-refractivity contribution is 0.129. The first-order chi connectivity index (χ1) is 12.1. The summed E-state index contributed by atoms with van der Waals surface area (Å²) < 4.78 is 10.6. The third kappa shape index (κ3) is 4.66. The highest BCUT2D eigenvalue weighted by Gasteiger charge is 2.31. The smallest absolute Gasteiger partial charge is 0.407 e. The van der Waals surface area contributed by atoms with Crippen molar-refractivity contribution in [2.45, 2.75) is 38.5 Å². The van der Waals surface area contributed by atoms with Crippen molar-refractivity contribution in [3.05, 3.63) is 59.7 Å². The second-order valence-electron chi connectivity index (χ2n) is 6.42. The van der Waals surface area contributed by atoms with Gasteiger partial charge in [-0.2, -0.15) is 0 Å². The van der Waals surface area contributed by atoms with Crippen LogP contribution in [0.1, 0.15) is 24.0 Å².